The Balaban J connectivity index is 1.58. The monoisotopic (exact) mass is 252 g/mol. The van der Waals surface area contributed by atoms with Gasteiger partial charge in [0.2, 0.25) is 0 Å². The van der Waals surface area contributed by atoms with Crippen molar-refractivity contribution in [1.82, 2.24) is 9.62 Å². The van der Waals surface area contributed by atoms with Crippen LogP contribution in [0.25, 0.3) is 0 Å². The van der Waals surface area contributed by atoms with Crippen molar-refractivity contribution < 1.29 is 4.79 Å². The molecule has 0 aromatic heterocycles. The number of rotatable bonds is 5. The average Bonchev–Trinajstić information content (AvgIpc) is 2.38. The van der Waals surface area contributed by atoms with E-state index < -0.39 is 0 Å². The molecule has 1 heterocycles. The molecule has 3 nitrogen and oxygen atoms in total. The minimum atomic E-state index is -0.133. The molecule has 0 aromatic carbocycles. The maximum Gasteiger partial charge on any atom is 0.177 e. The van der Waals surface area contributed by atoms with Crippen LogP contribution in [0.15, 0.2) is 24.3 Å². The van der Waals surface area contributed by atoms with Crippen LogP contribution in [0.5, 0.6) is 0 Å². The van der Waals surface area contributed by atoms with Gasteiger partial charge >= 0.3 is 0 Å². The highest BCUT2D eigenvalue weighted by Gasteiger charge is 2.14. The van der Waals surface area contributed by atoms with Crippen molar-refractivity contribution >= 4 is 17.7 Å². The lowest BCUT2D eigenvalue weighted by atomic mass is 10.1. The van der Waals surface area contributed by atoms with Crippen LogP contribution in [0.1, 0.15) is 19.3 Å². The van der Waals surface area contributed by atoms with Crippen molar-refractivity contribution in [3.63, 3.8) is 0 Å². The molecule has 2 rings (SSSR count). The van der Waals surface area contributed by atoms with E-state index in [2.05, 4.69) is 9.62 Å². The Bertz CT molecular complexity index is 309. The van der Waals surface area contributed by atoms with Gasteiger partial charge in [-0.05, 0) is 32.0 Å². The fraction of sp³-hybridized carbons (Fsp3) is 0.615. The molecular weight excluding hydrogens is 232 g/mol. The molecule has 2 aliphatic rings. The second-order valence-electron chi connectivity index (χ2n) is 4.49. The second kappa shape index (κ2) is 6.99. The van der Waals surface area contributed by atoms with Gasteiger partial charge in [-0.25, -0.2) is 4.72 Å². The summed E-state index contributed by atoms with van der Waals surface area (Å²) in [4.78, 5) is 14.0. The van der Waals surface area contributed by atoms with Crippen molar-refractivity contribution in [2.24, 2.45) is 0 Å². The van der Waals surface area contributed by atoms with E-state index in [1.54, 1.807) is 24.1 Å². The highest BCUT2D eigenvalue weighted by molar-refractivity contribution is 7.97. The Kier molecular flexibility index (Phi) is 5.29. The van der Waals surface area contributed by atoms with E-state index in [9.17, 15) is 4.79 Å². The first-order valence-corrected chi connectivity index (χ1v) is 7.33. The Morgan fingerprint density at radius 2 is 2.12 bits per heavy atom. The number of allylic oxidation sites excluding steroid dienone is 2. The van der Waals surface area contributed by atoms with Gasteiger partial charge < -0.3 is 4.90 Å². The molecule has 1 fully saturated rings. The molecule has 4 heteroatoms. The molecule has 1 unspecified atom stereocenters. The van der Waals surface area contributed by atoms with E-state index in [1.165, 1.54) is 32.4 Å². The van der Waals surface area contributed by atoms with Gasteiger partial charge in [0.05, 0.1) is 6.04 Å². The zero-order chi connectivity index (χ0) is 11.9. The number of carbonyl (C=O) groups excluding carboxylic acids is 1. The number of ketones is 1. The predicted molar refractivity (Wildman–Crippen MR) is 73.0 cm³/mol. The summed E-state index contributed by atoms with van der Waals surface area (Å²) in [6, 6.07) is -0.133. The number of piperidine rings is 1. The van der Waals surface area contributed by atoms with Crippen molar-refractivity contribution in [2.45, 2.75) is 25.3 Å². The van der Waals surface area contributed by atoms with Crippen molar-refractivity contribution in [1.29, 1.82) is 0 Å². The Morgan fingerprint density at radius 3 is 2.88 bits per heavy atom. The maximum atomic E-state index is 11.5. The normalized spacial score (nSPS) is 25.4. The zero-order valence-corrected chi connectivity index (χ0v) is 10.9. The highest BCUT2D eigenvalue weighted by atomic mass is 32.2. The first-order valence-electron chi connectivity index (χ1n) is 6.34. The Morgan fingerprint density at radius 1 is 1.29 bits per heavy atom. The predicted octanol–water partition coefficient (Wildman–Crippen LogP) is 1.77. The van der Waals surface area contributed by atoms with Gasteiger partial charge in [-0.15, -0.1) is 0 Å². The number of hydrogen-bond acceptors (Lipinski definition) is 4. The average molecular weight is 252 g/mol. The third-order valence-electron chi connectivity index (χ3n) is 3.15. The summed E-state index contributed by atoms with van der Waals surface area (Å²) in [6.45, 7) is 3.61. The molecule has 1 aliphatic heterocycles. The minimum Gasteiger partial charge on any atom is -0.302 e. The molecule has 0 amide bonds. The first kappa shape index (κ1) is 12.9. The molecule has 0 radical (unpaired) electrons. The number of nitrogens with zero attached hydrogens (tertiary/aromatic N) is 1. The largest absolute Gasteiger partial charge is 0.302 e. The lowest BCUT2D eigenvalue weighted by Gasteiger charge is -2.26. The van der Waals surface area contributed by atoms with Gasteiger partial charge in [-0.3, -0.25) is 4.79 Å². The van der Waals surface area contributed by atoms with E-state index in [-0.39, 0.29) is 11.8 Å². The number of likely N-dealkylation sites (tertiary alicyclic amines) is 1. The number of carbonyl (C=O) groups is 1. The summed E-state index contributed by atoms with van der Waals surface area (Å²) >= 11 is 1.66. The van der Waals surface area contributed by atoms with E-state index in [4.69, 9.17) is 0 Å². The summed E-state index contributed by atoms with van der Waals surface area (Å²) in [5.41, 5.74) is 0. The first-order chi connectivity index (χ1) is 8.36. The van der Waals surface area contributed by atoms with Crippen LogP contribution in [-0.2, 0) is 4.79 Å². The molecule has 1 N–H and O–H groups in total. The fourth-order valence-electron chi connectivity index (χ4n) is 2.13. The minimum absolute atomic E-state index is 0.133. The number of nitrogens with one attached hydrogen (secondary N) is 1. The summed E-state index contributed by atoms with van der Waals surface area (Å²) in [5.74, 6) is 1.19. The third kappa shape index (κ3) is 4.30. The van der Waals surface area contributed by atoms with Crippen LogP contribution in [0, 0.1) is 0 Å². The van der Waals surface area contributed by atoms with Gasteiger partial charge in [0.25, 0.3) is 0 Å². The maximum absolute atomic E-state index is 11.5. The second-order valence-corrected chi connectivity index (χ2v) is 5.43. The SMILES string of the molecule is O=C1C=CC=CC1NSCCN1CCCCC1. The molecule has 1 saturated heterocycles. The molecule has 0 bridgehead atoms. The zero-order valence-electron chi connectivity index (χ0n) is 10.1. The smallest absolute Gasteiger partial charge is 0.177 e. The van der Waals surface area contributed by atoms with Crippen molar-refractivity contribution in [2.75, 3.05) is 25.4 Å². The molecule has 0 saturated carbocycles. The van der Waals surface area contributed by atoms with Crippen LogP contribution in [0.2, 0.25) is 0 Å². The molecule has 94 valence electrons. The molecule has 1 aliphatic carbocycles. The van der Waals surface area contributed by atoms with Gasteiger partial charge in [0.1, 0.15) is 0 Å². The quantitative estimate of drug-likeness (QED) is 0.597. The van der Waals surface area contributed by atoms with Gasteiger partial charge in [0, 0.05) is 12.3 Å². The van der Waals surface area contributed by atoms with E-state index in [1.807, 2.05) is 12.2 Å². The molecule has 17 heavy (non-hydrogen) atoms. The summed E-state index contributed by atoms with van der Waals surface area (Å²) < 4.78 is 3.21. The van der Waals surface area contributed by atoms with Crippen LogP contribution >= 0.6 is 11.9 Å². The lowest BCUT2D eigenvalue weighted by Crippen LogP contribution is -2.34. The molecule has 1 atom stereocenters. The Labute approximate surface area is 107 Å². The standard InChI is InChI=1S/C13H20N2OS/c16-13-7-3-2-6-12(13)14-17-11-10-15-8-4-1-5-9-15/h2-3,6-7,12,14H,1,4-5,8-11H2. The van der Waals surface area contributed by atoms with Crippen molar-refractivity contribution in [3.8, 4) is 0 Å². The highest BCUT2D eigenvalue weighted by Crippen LogP contribution is 2.10. The summed E-state index contributed by atoms with van der Waals surface area (Å²) in [6.07, 6.45) is 11.3. The topological polar surface area (TPSA) is 32.3 Å². The van der Waals surface area contributed by atoms with Crippen LogP contribution in [0.3, 0.4) is 0 Å². The van der Waals surface area contributed by atoms with E-state index >= 15 is 0 Å². The fourth-order valence-corrected chi connectivity index (χ4v) is 2.97. The molecule has 0 spiro atoms. The molecule has 0 aromatic rings. The van der Waals surface area contributed by atoms with E-state index in [0.717, 1.165) is 12.3 Å². The van der Waals surface area contributed by atoms with Crippen LogP contribution < -0.4 is 4.72 Å². The lowest BCUT2D eigenvalue weighted by molar-refractivity contribution is -0.115. The van der Waals surface area contributed by atoms with Gasteiger partial charge in [-0.2, -0.15) is 0 Å². The molecular formula is C13H20N2OS. The van der Waals surface area contributed by atoms with Crippen LogP contribution in [0.4, 0.5) is 0 Å². The van der Waals surface area contributed by atoms with Gasteiger partial charge in [0.15, 0.2) is 5.78 Å². The Hall–Kier alpha value is -0.580. The summed E-state index contributed by atoms with van der Waals surface area (Å²) in [7, 11) is 0. The van der Waals surface area contributed by atoms with Gasteiger partial charge in [-0.1, -0.05) is 36.6 Å². The van der Waals surface area contributed by atoms with E-state index in [0.29, 0.717) is 0 Å². The summed E-state index contributed by atoms with van der Waals surface area (Å²) in [5, 5.41) is 0. The van der Waals surface area contributed by atoms with Crippen LogP contribution in [-0.4, -0.2) is 42.1 Å². The van der Waals surface area contributed by atoms with Crippen molar-refractivity contribution in [3.05, 3.63) is 24.3 Å². The number of hydrogen-bond donors (Lipinski definition) is 1. The third-order valence-corrected chi connectivity index (χ3v) is 3.96.